The number of carbonyl (C=O) groups is 2. The molecule has 1 aromatic heterocycles. The fraction of sp³-hybridized carbons (Fsp3) is 0.600. The van der Waals surface area contributed by atoms with Gasteiger partial charge in [-0.2, -0.15) is 0 Å². The molecule has 37 heavy (non-hydrogen) atoms. The van der Waals surface area contributed by atoms with E-state index in [-0.39, 0.29) is 43.4 Å². The van der Waals surface area contributed by atoms with E-state index in [1.165, 1.54) is 21.7 Å². The van der Waals surface area contributed by atoms with Crippen molar-refractivity contribution < 1.29 is 32.6 Å². The van der Waals surface area contributed by atoms with Gasteiger partial charge in [-0.3, -0.25) is 4.79 Å². The second kappa shape index (κ2) is 12.9. The Hall–Kier alpha value is -3.15. The largest absolute Gasteiger partial charge is 0.465 e. The molecule has 3 rings (SSSR count). The molecule has 0 radical (unpaired) electrons. The minimum atomic E-state index is -2.72. The summed E-state index contributed by atoms with van der Waals surface area (Å²) < 4.78 is 48.4. The number of hydrogen-bond donors (Lipinski definition) is 1. The van der Waals surface area contributed by atoms with Crippen LogP contribution < -0.4 is 0 Å². The molecule has 0 bridgehead atoms. The first-order valence-corrected chi connectivity index (χ1v) is 12.4. The van der Waals surface area contributed by atoms with Crippen molar-refractivity contribution in [1.29, 1.82) is 0 Å². The lowest BCUT2D eigenvalue weighted by Crippen LogP contribution is -2.56. The number of para-hydroxylation sites is 1. The molecular weight excluding hydrogens is 491 g/mol. The standard InChI is InChI=1S/C25H34F3N5O4/c1-16(2)13-32(18-12-17(23(27)28)14-31(15-18)25(35)36)24(34)22-21(10-6-7-11-37-3)33(30-29-22)20-9-5-4-8-19(20)26/h4-5,8-9,16-18,23H,6-7,10-15H2,1-3H3,(H,35,36)/t17-,18+/m1/s1. The first kappa shape index (κ1) is 28.4. The molecule has 0 spiro atoms. The lowest BCUT2D eigenvalue weighted by Gasteiger charge is -2.42. The molecule has 0 saturated carbocycles. The van der Waals surface area contributed by atoms with Crippen LogP contribution in [0, 0.1) is 17.7 Å². The number of alkyl halides is 2. The van der Waals surface area contributed by atoms with Crippen LogP contribution in [0.3, 0.4) is 0 Å². The number of hydrogen-bond acceptors (Lipinski definition) is 5. The molecule has 1 aromatic carbocycles. The number of carbonyl (C=O) groups excluding carboxylic acids is 1. The maximum absolute atomic E-state index is 14.6. The van der Waals surface area contributed by atoms with Crippen molar-refractivity contribution in [2.24, 2.45) is 11.8 Å². The monoisotopic (exact) mass is 525 g/mol. The van der Waals surface area contributed by atoms with Gasteiger partial charge in [-0.05, 0) is 43.7 Å². The number of methoxy groups -OCH3 is 1. The molecule has 1 N–H and O–H groups in total. The van der Waals surface area contributed by atoms with E-state index in [1.54, 1.807) is 19.2 Å². The summed E-state index contributed by atoms with van der Waals surface area (Å²) in [7, 11) is 1.58. The van der Waals surface area contributed by atoms with E-state index in [4.69, 9.17) is 4.74 Å². The summed E-state index contributed by atoms with van der Waals surface area (Å²) >= 11 is 0. The molecule has 1 fully saturated rings. The fourth-order valence-corrected chi connectivity index (χ4v) is 4.65. The third-order valence-corrected chi connectivity index (χ3v) is 6.41. The molecule has 2 atom stereocenters. The highest BCUT2D eigenvalue weighted by molar-refractivity contribution is 5.93. The van der Waals surface area contributed by atoms with Gasteiger partial charge in [0.25, 0.3) is 5.91 Å². The van der Waals surface area contributed by atoms with Gasteiger partial charge in [-0.15, -0.1) is 5.10 Å². The molecule has 9 nitrogen and oxygen atoms in total. The first-order chi connectivity index (χ1) is 17.6. The van der Waals surface area contributed by atoms with Crippen molar-refractivity contribution in [2.45, 2.75) is 52.0 Å². The number of aromatic nitrogens is 3. The number of likely N-dealkylation sites (tertiary alicyclic amines) is 1. The van der Waals surface area contributed by atoms with E-state index < -0.39 is 36.2 Å². The molecule has 1 aliphatic rings. The molecule has 0 unspecified atom stereocenters. The number of carboxylic acid groups (broad SMARTS) is 1. The van der Waals surface area contributed by atoms with E-state index >= 15 is 0 Å². The van der Waals surface area contributed by atoms with E-state index in [1.807, 2.05) is 13.8 Å². The van der Waals surface area contributed by atoms with Crippen LogP contribution in [0.4, 0.5) is 18.0 Å². The zero-order valence-corrected chi connectivity index (χ0v) is 21.3. The van der Waals surface area contributed by atoms with Crippen LogP contribution in [-0.4, -0.2) is 87.7 Å². The molecule has 1 aliphatic heterocycles. The zero-order valence-electron chi connectivity index (χ0n) is 21.3. The van der Waals surface area contributed by atoms with E-state index in [0.717, 1.165) is 4.90 Å². The van der Waals surface area contributed by atoms with E-state index in [9.17, 15) is 27.9 Å². The smallest absolute Gasteiger partial charge is 0.407 e. The highest BCUT2D eigenvalue weighted by Crippen LogP contribution is 2.28. The van der Waals surface area contributed by atoms with Gasteiger partial charge in [0, 0.05) is 39.3 Å². The van der Waals surface area contributed by atoms with Crippen LogP contribution in [-0.2, 0) is 11.2 Å². The minimum Gasteiger partial charge on any atom is -0.465 e. The second-order valence-electron chi connectivity index (χ2n) is 9.72. The topological polar surface area (TPSA) is 101 Å². The van der Waals surface area contributed by atoms with Gasteiger partial charge in [0.2, 0.25) is 6.43 Å². The molecule has 0 aliphatic carbocycles. The highest BCUT2D eigenvalue weighted by atomic mass is 19.3. The van der Waals surface area contributed by atoms with E-state index in [2.05, 4.69) is 10.3 Å². The molecule has 204 valence electrons. The van der Waals surface area contributed by atoms with Gasteiger partial charge < -0.3 is 19.6 Å². The van der Waals surface area contributed by atoms with Crippen LogP contribution in [0.25, 0.3) is 5.69 Å². The Morgan fingerprint density at radius 2 is 1.95 bits per heavy atom. The van der Waals surface area contributed by atoms with Crippen molar-refractivity contribution in [2.75, 3.05) is 33.4 Å². The van der Waals surface area contributed by atoms with Crippen molar-refractivity contribution >= 4 is 12.0 Å². The van der Waals surface area contributed by atoms with Gasteiger partial charge in [-0.25, -0.2) is 22.6 Å². The Bertz CT molecular complexity index is 1060. The van der Waals surface area contributed by atoms with Crippen LogP contribution in [0.5, 0.6) is 0 Å². The number of ether oxygens (including phenoxy) is 1. The van der Waals surface area contributed by atoms with Gasteiger partial charge >= 0.3 is 6.09 Å². The van der Waals surface area contributed by atoms with Crippen LogP contribution >= 0.6 is 0 Å². The third-order valence-electron chi connectivity index (χ3n) is 6.41. The Kier molecular flexibility index (Phi) is 9.90. The van der Waals surface area contributed by atoms with Crippen molar-refractivity contribution in [3.05, 3.63) is 41.5 Å². The molecule has 2 aromatic rings. The Morgan fingerprint density at radius 1 is 1.22 bits per heavy atom. The summed E-state index contributed by atoms with van der Waals surface area (Å²) in [5, 5.41) is 17.7. The number of rotatable bonds is 11. The molecule has 2 heterocycles. The normalized spacial score (nSPS) is 18.0. The third kappa shape index (κ3) is 7.00. The highest BCUT2D eigenvalue weighted by Gasteiger charge is 2.40. The first-order valence-electron chi connectivity index (χ1n) is 12.4. The van der Waals surface area contributed by atoms with Crippen molar-refractivity contribution in [3.63, 3.8) is 0 Å². The molecule has 1 saturated heterocycles. The summed E-state index contributed by atoms with van der Waals surface area (Å²) in [5.41, 5.74) is 0.539. The lowest BCUT2D eigenvalue weighted by molar-refractivity contribution is -0.00501. The van der Waals surface area contributed by atoms with Gasteiger partial charge in [0.1, 0.15) is 11.5 Å². The predicted molar refractivity (Wildman–Crippen MR) is 130 cm³/mol. The lowest BCUT2D eigenvalue weighted by atomic mass is 9.92. The fourth-order valence-electron chi connectivity index (χ4n) is 4.65. The van der Waals surface area contributed by atoms with Gasteiger partial charge in [-0.1, -0.05) is 31.2 Å². The number of benzene rings is 1. The molecule has 2 amide bonds. The molecular formula is C25H34F3N5O4. The number of halogens is 3. The Balaban J connectivity index is 2.00. The summed E-state index contributed by atoms with van der Waals surface area (Å²) in [6.07, 6.45) is -2.41. The summed E-state index contributed by atoms with van der Waals surface area (Å²) in [6.45, 7) is 4.10. The number of piperidine rings is 1. The number of unbranched alkanes of at least 4 members (excludes halogenated alkanes) is 1. The average Bonchev–Trinajstić information content (AvgIpc) is 3.28. The summed E-state index contributed by atoms with van der Waals surface area (Å²) in [6, 6.07) is 5.24. The summed E-state index contributed by atoms with van der Waals surface area (Å²) in [5.74, 6) is -2.29. The van der Waals surface area contributed by atoms with E-state index in [0.29, 0.717) is 31.6 Å². The maximum Gasteiger partial charge on any atom is 0.407 e. The summed E-state index contributed by atoms with van der Waals surface area (Å²) in [4.78, 5) is 28.0. The predicted octanol–water partition coefficient (Wildman–Crippen LogP) is 4.11. The van der Waals surface area contributed by atoms with Crippen molar-refractivity contribution in [3.8, 4) is 5.69 Å². The second-order valence-corrected chi connectivity index (χ2v) is 9.72. The van der Waals surface area contributed by atoms with Crippen LogP contribution in [0.2, 0.25) is 0 Å². The van der Waals surface area contributed by atoms with Crippen LogP contribution in [0.15, 0.2) is 24.3 Å². The molecule has 12 heteroatoms. The van der Waals surface area contributed by atoms with Gasteiger partial charge in [0.05, 0.1) is 11.7 Å². The number of nitrogens with zero attached hydrogens (tertiary/aromatic N) is 5. The average molecular weight is 526 g/mol. The van der Waals surface area contributed by atoms with Crippen LogP contribution in [0.1, 0.15) is 49.3 Å². The zero-order chi connectivity index (χ0) is 27.1. The Morgan fingerprint density at radius 3 is 2.57 bits per heavy atom. The minimum absolute atomic E-state index is 0.00219. The number of amides is 2. The van der Waals surface area contributed by atoms with Gasteiger partial charge in [0.15, 0.2) is 5.69 Å². The Labute approximate surface area is 214 Å². The maximum atomic E-state index is 14.6. The van der Waals surface area contributed by atoms with Crippen molar-refractivity contribution in [1.82, 2.24) is 24.8 Å². The SMILES string of the molecule is COCCCCc1c(C(=O)N(CC(C)C)[C@H]2C[C@@H](C(F)F)CN(C(=O)O)C2)nnn1-c1ccccc1F. The quantitative estimate of drug-likeness (QED) is 0.443.